The van der Waals surface area contributed by atoms with Gasteiger partial charge in [-0.15, -0.1) is 0 Å². The molecule has 174 valence electrons. The van der Waals surface area contributed by atoms with Crippen LogP contribution in [0.25, 0.3) is 12.2 Å². The van der Waals surface area contributed by atoms with Crippen molar-refractivity contribution in [3.8, 4) is 0 Å². The Hall–Kier alpha value is -1.48. The second-order valence-electron chi connectivity index (χ2n) is 8.67. The van der Waals surface area contributed by atoms with Crippen LogP contribution in [-0.4, -0.2) is 0 Å². The Balaban J connectivity index is 1.69. The van der Waals surface area contributed by atoms with Gasteiger partial charge >= 0.3 is 221 Å². The van der Waals surface area contributed by atoms with Crippen LogP contribution in [-0.2, 0) is 26.6 Å². The molecule has 0 spiro atoms. The van der Waals surface area contributed by atoms with Crippen LogP contribution in [0.1, 0.15) is 22.3 Å². The van der Waals surface area contributed by atoms with Crippen LogP contribution in [0.15, 0.2) is 129 Å². The fourth-order valence-electron chi connectivity index (χ4n) is 4.84. The number of hydrogen-bond acceptors (Lipinski definition) is 0. The van der Waals surface area contributed by atoms with Crippen LogP contribution in [0.3, 0.4) is 0 Å². The molecule has 0 heterocycles. The molecule has 0 nitrogen and oxygen atoms in total. The van der Waals surface area contributed by atoms with Crippen LogP contribution >= 0.6 is 31.3 Å². The van der Waals surface area contributed by atoms with Gasteiger partial charge in [0.05, 0.1) is 0 Å². The average Bonchev–Trinajstić information content (AvgIpc) is 3.49. The van der Waals surface area contributed by atoms with Crippen LogP contribution in [0.2, 0.25) is 0 Å². The van der Waals surface area contributed by atoms with Crippen molar-refractivity contribution >= 4 is 43.4 Å². The fourth-order valence-corrected chi connectivity index (χ4v) is 46.0. The molecule has 2 atom stereocenters. The quantitative estimate of drug-likeness (QED) is 0.216. The molecule has 5 heteroatoms. The van der Waals surface area contributed by atoms with E-state index < -0.39 is 13.8 Å². The van der Waals surface area contributed by atoms with E-state index in [1.165, 1.54) is 41.9 Å². The number of rotatable bonds is 4. The van der Waals surface area contributed by atoms with Gasteiger partial charge in [0.25, 0.3) is 0 Å². The normalized spacial score (nSPS) is 15.7. The summed E-state index contributed by atoms with van der Waals surface area (Å²) in [5, 5.41) is 0. The van der Waals surface area contributed by atoms with Crippen molar-refractivity contribution in [3.63, 3.8) is 0 Å². The first-order valence-electron chi connectivity index (χ1n) is 11.6. The van der Waals surface area contributed by atoms with E-state index in [-0.39, 0.29) is 14.2 Å². The Morgan fingerprint density at radius 3 is 1.26 bits per heavy atom. The third-order valence-corrected chi connectivity index (χ3v) is 41.7. The summed E-state index contributed by atoms with van der Waals surface area (Å²) in [5.41, 5.74) is 5.36. The summed E-state index contributed by atoms with van der Waals surface area (Å²) in [7, 11) is 15.2. The zero-order valence-electron chi connectivity index (χ0n) is 19.0. The van der Waals surface area contributed by atoms with Crippen LogP contribution in [0, 0.1) is 0 Å². The zero-order valence-corrected chi connectivity index (χ0v) is 24.6. The van der Waals surface area contributed by atoms with Gasteiger partial charge in [-0.2, -0.15) is 0 Å². The zero-order chi connectivity index (χ0) is 23.8. The van der Waals surface area contributed by atoms with Gasteiger partial charge in [0, 0.05) is 0 Å². The van der Waals surface area contributed by atoms with Gasteiger partial charge in [0.15, 0.2) is 0 Å². The summed E-state index contributed by atoms with van der Waals surface area (Å²) in [6.07, 6.45) is 6.59. The minimum absolute atomic E-state index is 0.318. The summed E-state index contributed by atoms with van der Waals surface area (Å²) >= 11 is -3.99. The van der Waals surface area contributed by atoms with E-state index in [1.807, 2.05) is 0 Å². The van der Waals surface area contributed by atoms with E-state index in [0.29, 0.717) is 0 Å². The minimum atomic E-state index is -3.99. The number of benzene rings is 4. The van der Waals surface area contributed by atoms with Crippen LogP contribution < -0.4 is 0 Å². The molecule has 0 aliphatic heterocycles. The third-order valence-electron chi connectivity index (χ3n) is 6.43. The number of allylic oxidation sites excluding steroid dienone is 2. The van der Waals surface area contributed by atoms with E-state index in [9.17, 15) is 0 Å². The molecule has 0 bridgehead atoms. The second kappa shape index (κ2) is 10.1. The van der Waals surface area contributed by atoms with E-state index in [4.69, 9.17) is 17.0 Å². The molecule has 0 N–H and O–H groups in total. The van der Waals surface area contributed by atoms with Crippen molar-refractivity contribution in [3.05, 3.63) is 141 Å². The summed E-state index contributed by atoms with van der Waals surface area (Å²) in [5.74, 6) is 0. The molecule has 6 rings (SSSR count). The van der Waals surface area contributed by atoms with E-state index in [1.54, 1.807) is 0 Å². The Bertz CT molecular complexity index is 1500. The van der Waals surface area contributed by atoms with Gasteiger partial charge in [-0.3, -0.25) is 0 Å². The van der Waals surface area contributed by atoms with Crippen molar-refractivity contribution in [2.75, 3.05) is 0 Å². The molecule has 0 saturated carbocycles. The first kappa shape index (κ1) is 23.9. The molecule has 0 fully saturated rings. The Morgan fingerprint density at radius 2 is 0.857 bits per heavy atom. The molecule has 35 heavy (non-hydrogen) atoms. The molecule has 0 aromatic heterocycles. The first-order chi connectivity index (χ1) is 17.1. The Labute approximate surface area is 219 Å². The summed E-state index contributed by atoms with van der Waals surface area (Å²) in [6.45, 7) is 0. The number of fused-ring (bicyclic) bond motifs is 2. The number of halogens is 2. The predicted octanol–water partition coefficient (Wildman–Crippen LogP) is 10.1. The van der Waals surface area contributed by atoms with Gasteiger partial charge in [-0.1, -0.05) is 0 Å². The molecule has 0 amide bonds. The van der Waals surface area contributed by atoms with E-state index in [0.717, 1.165) is 12.8 Å². The molecule has 4 aromatic rings. The topological polar surface area (TPSA) is 0 Å². The first-order valence-corrected chi connectivity index (χ1v) is 26.4. The van der Waals surface area contributed by atoms with Gasteiger partial charge in [0.2, 0.25) is 0 Å². The number of hydrogen-bond donors (Lipinski definition) is 0. The molecule has 4 aromatic carbocycles. The van der Waals surface area contributed by atoms with Gasteiger partial charge in [-0.25, -0.2) is 0 Å². The molecular weight excluding hydrogens is 587 g/mol. The summed E-state index contributed by atoms with van der Waals surface area (Å²) in [6, 6.07) is 39.0. The maximum atomic E-state index is 7.90. The van der Waals surface area contributed by atoms with Crippen molar-refractivity contribution in [2.45, 2.75) is 22.6 Å². The van der Waals surface area contributed by atoms with Crippen molar-refractivity contribution in [1.29, 1.82) is 0 Å². The molecule has 0 saturated heterocycles. The average molecular weight is 611 g/mol. The Kier molecular flexibility index (Phi) is 6.91. The molecule has 2 aliphatic rings. The molecular formula is C30H24Cl2S2Zr. The fraction of sp³-hybridized carbons (Fsp3) is 0.0667. The van der Waals surface area contributed by atoms with Gasteiger partial charge in [-0.05, 0) is 0 Å². The molecule has 2 unspecified atom stereocenters. The monoisotopic (exact) mass is 608 g/mol. The summed E-state index contributed by atoms with van der Waals surface area (Å²) < 4.78 is 0. The third kappa shape index (κ3) is 4.67. The maximum absolute atomic E-state index is 7.90. The van der Waals surface area contributed by atoms with E-state index in [2.05, 4.69) is 121 Å². The van der Waals surface area contributed by atoms with Gasteiger partial charge in [0.1, 0.15) is 0 Å². The van der Waals surface area contributed by atoms with Crippen molar-refractivity contribution in [1.82, 2.24) is 0 Å². The molecule has 2 aliphatic carbocycles. The predicted molar refractivity (Wildman–Crippen MR) is 153 cm³/mol. The van der Waals surface area contributed by atoms with Crippen LogP contribution in [0.4, 0.5) is 0 Å². The van der Waals surface area contributed by atoms with Crippen LogP contribution in [0.5, 0.6) is 0 Å². The van der Waals surface area contributed by atoms with E-state index >= 15 is 0 Å². The van der Waals surface area contributed by atoms with Crippen molar-refractivity contribution in [2.24, 2.45) is 0 Å². The van der Waals surface area contributed by atoms with Crippen molar-refractivity contribution < 1.29 is 13.8 Å². The van der Waals surface area contributed by atoms with Gasteiger partial charge < -0.3 is 0 Å². The molecule has 0 radical (unpaired) electrons. The Morgan fingerprint density at radius 1 is 0.486 bits per heavy atom. The summed E-state index contributed by atoms with van der Waals surface area (Å²) in [4.78, 5) is 5.33. The standard InChI is InChI=1S/2C15H12S.2ClH.Zr/c2*1-2-8-14(9-3-1)16-15-10-12-6-4-5-7-13(12)11-15;;;/h2*1-10H,11H2;2*1H;/q;;;;+2/p-2. The SMILES string of the molecule is [Cl][Zr]([Cl])(=[S](C1=Cc2ccccc2C1)c1ccccc1)=[S](C1=Cc2ccccc2C1)c1ccccc1. The second-order valence-corrected chi connectivity index (χ2v) is 42.1.